The zero-order valence-corrected chi connectivity index (χ0v) is 14.7. The molecule has 0 saturated carbocycles. The van der Waals surface area contributed by atoms with Gasteiger partial charge in [0.25, 0.3) is 5.91 Å². The second kappa shape index (κ2) is 7.31. The van der Waals surface area contributed by atoms with E-state index in [0.29, 0.717) is 36.0 Å². The number of hydrogen-bond donors (Lipinski definition) is 2. The molecule has 3 nitrogen and oxygen atoms in total. The number of nitrogens with one attached hydrogen (secondary N) is 1. The lowest BCUT2D eigenvalue weighted by Crippen LogP contribution is -2.17. The number of aliphatic hydroxyl groups excluding tert-OH is 1. The summed E-state index contributed by atoms with van der Waals surface area (Å²) < 4.78 is 42.3. The number of rotatable bonds is 4. The summed E-state index contributed by atoms with van der Waals surface area (Å²) in [6.07, 6.45) is 1.55. The number of amides is 1. The maximum absolute atomic E-state index is 14.5. The van der Waals surface area contributed by atoms with Crippen LogP contribution in [0, 0.1) is 24.4 Å². The Morgan fingerprint density at radius 1 is 1.00 bits per heavy atom. The molecule has 1 aliphatic carbocycles. The standard InChI is InChI=1S/C21H18F3NO2/c1-11-8-13(6-7-17(11)22)14-9-18(23)20(19(24)10-14)25-21(27)16-5-3-4-15(16)12(2)26/h6-10,26H,2-5H2,1H3,(H,25,27). The first-order valence-electron chi connectivity index (χ1n) is 8.45. The minimum atomic E-state index is -0.941. The van der Waals surface area contributed by atoms with Crippen LogP contribution < -0.4 is 5.32 Å². The van der Waals surface area contributed by atoms with Crippen molar-refractivity contribution in [2.45, 2.75) is 26.2 Å². The first-order valence-corrected chi connectivity index (χ1v) is 8.45. The number of carbonyl (C=O) groups is 1. The molecular weight excluding hydrogens is 355 g/mol. The van der Waals surface area contributed by atoms with E-state index in [4.69, 9.17) is 0 Å². The van der Waals surface area contributed by atoms with E-state index in [1.54, 1.807) is 6.92 Å². The average molecular weight is 373 g/mol. The molecule has 0 atom stereocenters. The third kappa shape index (κ3) is 3.74. The van der Waals surface area contributed by atoms with Gasteiger partial charge in [-0.3, -0.25) is 4.79 Å². The highest BCUT2D eigenvalue weighted by Crippen LogP contribution is 2.32. The van der Waals surface area contributed by atoms with Gasteiger partial charge >= 0.3 is 0 Å². The highest BCUT2D eigenvalue weighted by molar-refractivity contribution is 6.05. The van der Waals surface area contributed by atoms with Crippen LogP contribution in [-0.4, -0.2) is 11.0 Å². The topological polar surface area (TPSA) is 49.3 Å². The summed E-state index contributed by atoms with van der Waals surface area (Å²) in [5.74, 6) is -3.16. The molecule has 0 spiro atoms. The van der Waals surface area contributed by atoms with E-state index in [1.165, 1.54) is 18.2 Å². The predicted molar refractivity (Wildman–Crippen MR) is 97.8 cm³/mol. The van der Waals surface area contributed by atoms with Crippen molar-refractivity contribution in [2.24, 2.45) is 0 Å². The third-order valence-electron chi connectivity index (χ3n) is 4.61. The molecular formula is C21H18F3NO2. The number of benzene rings is 2. The van der Waals surface area contributed by atoms with Crippen molar-refractivity contribution in [1.29, 1.82) is 0 Å². The molecule has 3 rings (SSSR count). The zero-order valence-electron chi connectivity index (χ0n) is 14.7. The normalized spacial score (nSPS) is 13.8. The predicted octanol–water partition coefficient (Wildman–Crippen LogP) is 5.57. The number of aryl methyl sites for hydroxylation is 1. The van der Waals surface area contributed by atoms with Gasteiger partial charge in [-0.2, -0.15) is 0 Å². The summed E-state index contributed by atoms with van der Waals surface area (Å²) in [6.45, 7) is 4.97. The van der Waals surface area contributed by atoms with Crippen molar-refractivity contribution in [3.63, 3.8) is 0 Å². The monoisotopic (exact) mass is 373 g/mol. The largest absolute Gasteiger partial charge is 0.508 e. The number of allylic oxidation sites excluding steroid dienone is 1. The second-order valence-corrected chi connectivity index (χ2v) is 6.49. The first kappa shape index (κ1) is 18.8. The van der Waals surface area contributed by atoms with Crippen LogP contribution in [0.2, 0.25) is 0 Å². The summed E-state index contributed by atoms with van der Waals surface area (Å²) in [7, 11) is 0. The molecule has 2 aromatic carbocycles. The molecule has 1 aliphatic rings. The number of carbonyl (C=O) groups excluding carboxylic acids is 1. The Kier molecular flexibility index (Phi) is 5.08. The quantitative estimate of drug-likeness (QED) is 0.689. The maximum Gasteiger partial charge on any atom is 0.252 e. The highest BCUT2D eigenvalue weighted by Gasteiger charge is 2.24. The van der Waals surface area contributed by atoms with Crippen LogP contribution in [0.3, 0.4) is 0 Å². The van der Waals surface area contributed by atoms with E-state index < -0.39 is 29.0 Å². The number of aliphatic hydroxyl groups is 1. The molecule has 2 N–H and O–H groups in total. The Bertz CT molecular complexity index is 956. The molecule has 0 aromatic heterocycles. The van der Waals surface area contributed by atoms with Crippen LogP contribution >= 0.6 is 0 Å². The van der Waals surface area contributed by atoms with Crippen LogP contribution in [0.25, 0.3) is 11.1 Å². The van der Waals surface area contributed by atoms with Gasteiger partial charge in [0.05, 0.1) is 0 Å². The van der Waals surface area contributed by atoms with Gasteiger partial charge in [-0.1, -0.05) is 12.6 Å². The van der Waals surface area contributed by atoms with Gasteiger partial charge in [0.15, 0.2) is 0 Å². The molecule has 2 aromatic rings. The molecule has 1 amide bonds. The molecule has 0 bridgehead atoms. The fraction of sp³-hybridized carbons (Fsp3) is 0.190. The second-order valence-electron chi connectivity index (χ2n) is 6.49. The Morgan fingerprint density at radius 3 is 2.22 bits per heavy atom. The van der Waals surface area contributed by atoms with E-state index >= 15 is 0 Å². The van der Waals surface area contributed by atoms with Crippen molar-refractivity contribution in [3.05, 3.63) is 76.8 Å². The Balaban J connectivity index is 1.92. The van der Waals surface area contributed by atoms with E-state index in [-0.39, 0.29) is 16.9 Å². The zero-order chi connectivity index (χ0) is 19.7. The third-order valence-corrected chi connectivity index (χ3v) is 4.61. The molecule has 0 radical (unpaired) electrons. The highest BCUT2D eigenvalue weighted by atomic mass is 19.1. The molecule has 0 aliphatic heterocycles. The molecule has 0 heterocycles. The number of anilines is 1. The van der Waals surface area contributed by atoms with Crippen LogP contribution in [0.5, 0.6) is 0 Å². The lowest BCUT2D eigenvalue weighted by Gasteiger charge is -2.12. The molecule has 140 valence electrons. The summed E-state index contributed by atoms with van der Waals surface area (Å²) in [4.78, 5) is 12.4. The SMILES string of the molecule is C=C(O)C1=C(C(=O)Nc2c(F)cc(-c3ccc(F)c(C)c3)cc2F)CCC1. The van der Waals surface area contributed by atoms with Gasteiger partial charge in [0, 0.05) is 11.1 Å². The number of hydrogen-bond acceptors (Lipinski definition) is 2. The van der Waals surface area contributed by atoms with Gasteiger partial charge in [-0.15, -0.1) is 0 Å². The van der Waals surface area contributed by atoms with E-state index in [0.717, 1.165) is 12.1 Å². The molecule has 0 saturated heterocycles. The fourth-order valence-corrected chi connectivity index (χ4v) is 3.19. The smallest absolute Gasteiger partial charge is 0.252 e. The Hall–Kier alpha value is -3.02. The minimum absolute atomic E-state index is 0.208. The first-order chi connectivity index (χ1) is 12.8. The average Bonchev–Trinajstić information content (AvgIpc) is 3.10. The molecule has 6 heteroatoms. The summed E-state index contributed by atoms with van der Waals surface area (Å²) in [5.41, 5.74) is 1.17. The van der Waals surface area contributed by atoms with Crippen molar-refractivity contribution in [3.8, 4) is 11.1 Å². The van der Waals surface area contributed by atoms with Crippen molar-refractivity contribution in [1.82, 2.24) is 0 Å². The van der Waals surface area contributed by atoms with E-state index in [9.17, 15) is 23.1 Å². The summed E-state index contributed by atoms with van der Waals surface area (Å²) in [6, 6.07) is 6.31. The number of halogens is 3. The Labute approximate surface area is 154 Å². The summed E-state index contributed by atoms with van der Waals surface area (Å²) >= 11 is 0. The van der Waals surface area contributed by atoms with Crippen molar-refractivity contribution in [2.75, 3.05) is 5.32 Å². The summed E-state index contributed by atoms with van der Waals surface area (Å²) in [5, 5.41) is 11.8. The van der Waals surface area contributed by atoms with Crippen LogP contribution in [0.1, 0.15) is 24.8 Å². The van der Waals surface area contributed by atoms with Crippen LogP contribution in [0.4, 0.5) is 18.9 Å². The molecule has 0 fully saturated rings. The van der Waals surface area contributed by atoms with Gasteiger partial charge in [-0.05, 0) is 67.1 Å². The molecule has 0 unspecified atom stereocenters. The van der Waals surface area contributed by atoms with Gasteiger partial charge in [-0.25, -0.2) is 13.2 Å². The van der Waals surface area contributed by atoms with E-state index in [1.807, 2.05) is 0 Å². The van der Waals surface area contributed by atoms with Crippen molar-refractivity contribution >= 4 is 11.6 Å². The van der Waals surface area contributed by atoms with Gasteiger partial charge in [0.1, 0.15) is 28.9 Å². The maximum atomic E-state index is 14.5. The Morgan fingerprint density at radius 2 is 1.63 bits per heavy atom. The van der Waals surface area contributed by atoms with Crippen LogP contribution in [-0.2, 0) is 4.79 Å². The lowest BCUT2D eigenvalue weighted by atomic mass is 10.0. The lowest BCUT2D eigenvalue weighted by molar-refractivity contribution is -0.113. The van der Waals surface area contributed by atoms with E-state index in [2.05, 4.69) is 11.9 Å². The van der Waals surface area contributed by atoms with Gasteiger partial charge < -0.3 is 10.4 Å². The minimum Gasteiger partial charge on any atom is -0.508 e. The fourth-order valence-electron chi connectivity index (χ4n) is 3.19. The van der Waals surface area contributed by atoms with Crippen molar-refractivity contribution < 1.29 is 23.1 Å². The van der Waals surface area contributed by atoms with Crippen LogP contribution in [0.15, 0.2) is 53.8 Å². The molecule has 27 heavy (non-hydrogen) atoms. The van der Waals surface area contributed by atoms with Gasteiger partial charge in [0.2, 0.25) is 0 Å².